The van der Waals surface area contributed by atoms with Crippen LogP contribution >= 0.6 is 0 Å². The fraction of sp³-hybridized carbons (Fsp3) is 0.267. The number of hydrogen-bond acceptors (Lipinski definition) is 1. The first-order chi connectivity index (χ1) is 9.06. The standard InChI is InChI=1S/C15H17FN2O/c1-10-7-13(11(2)18-10)9-17-15(19)8-12-5-3-4-6-14(12)16/h3-7,18H,8-9H2,1-2H3,(H,17,19). The third-order valence-corrected chi connectivity index (χ3v) is 3.04. The monoisotopic (exact) mass is 260 g/mol. The summed E-state index contributed by atoms with van der Waals surface area (Å²) < 4.78 is 13.4. The van der Waals surface area contributed by atoms with Gasteiger partial charge in [0.25, 0.3) is 0 Å². The van der Waals surface area contributed by atoms with Crippen LogP contribution in [0.1, 0.15) is 22.5 Å². The van der Waals surface area contributed by atoms with E-state index in [2.05, 4.69) is 10.3 Å². The van der Waals surface area contributed by atoms with Gasteiger partial charge in [0.05, 0.1) is 6.42 Å². The molecular weight excluding hydrogens is 243 g/mol. The van der Waals surface area contributed by atoms with Gasteiger partial charge in [-0.25, -0.2) is 4.39 Å². The maximum absolute atomic E-state index is 13.4. The van der Waals surface area contributed by atoms with Crippen LogP contribution in [-0.2, 0) is 17.8 Å². The molecule has 0 radical (unpaired) electrons. The quantitative estimate of drug-likeness (QED) is 0.872. The molecule has 0 bridgehead atoms. The lowest BCUT2D eigenvalue weighted by Crippen LogP contribution is -2.25. The first kappa shape index (κ1) is 13.3. The smallest absolute Gasteiger partial charge is 0.224 e. The molecule has 19 heavy (non-hydrogen) atoms. The number of H-pyrrole nitrogens is 1. The molecule has 1 amide bonds. The summed E-state index contributed by atoms with van der Waals surface area (Å²) in [5.41, 5.74) is 3.58. The van der Waals surface area contributed by atoms with Crippen molar-refractivity contribution in [3.63, 3.8) is 0 Å². The van der Waals surface area contributed by atoms with Gasteiger partial charge in [0.15, 0.2) is 0 Å². The van der Waals surface area contributed by atoms with E-state index in [-0.39, 0.29) is 18.1 Å². The fourth-order valence-electron chi connectivity index (χ4n) is 2.04. The Balaban J connectivity index is 1.92. The van der Waals surface area contributed by atoms with Crippen molar-refractivity contribution in [2.75, 3.05) is 0 Å². The summed E-state index contributed by atoms with van der Waals surface area (Å²) in [5, 5.41) is 2.80. The SMILES string of the molecule is Cc1cc(CNC(=O)Cc2ccccc2F)c(C)[nH]1. The summed E-state index contributed by atoms with van der Waals surface area (Å²) in [6.45, 7) is 4.40. The molecule has 2 aromatic rings. The van der Waals surface area contributed by atoms with Gasteiger partial charge in [0, 0.05) is 17.9 Å². The normalized spacial score (nSPS) is 10.5. The van der Waals surface area contributed by atoms with Crippen molar-refractivity contribution in [1.82, 2.24) is 10.3 Å². The maximum Gasteiger partial charge on any atom is 0.224 e. The first-order valence-electron chi connectivity index (χ1n) is 6.21. The average molecular weight is 260 g/mol. The van der Waals surface area contributed by atoms with Gasteiger partial charge in [0.2, 0.25) is 5.91 Å². The van der Waals surface area contributed by atoms with Crippen LogP contribution in [-0.4, -0.2) is 10.9 Å². The summed E-state index contributed by atoms with van der Waals surface area (Å²) in [7, 11) is 0. The number of rotatable bonds is 4. The highest BCUT2D eigenvalue weighted by molar-refractivity contribution is 5.78. The Labute approximate surface area is 111 Å². The van der Waals surface area contributed by atoms with Crippen molar-refractivity contribution in [3.05, 3.63) is 58.7 Å². The molecule has 2 rings (SSSR count). The number of benzene rings is 1. The number of carbonyl (C=O) groups is 1. The molecule has 0 fully saturated rings. The highest BCUT2D eigenvalue weighted by atomic mass is 19.1. The lowest BCUT2D eigenvalue weighted by atomic mass is 10.1. The summed E-state index contributed by atoms with van der Waals surface area (Å²) in [6.07, 6.45) is 0.0646. The largest absolute Gasteiger partial charge is 0.362 e. The van der Waals surface area contributed by atoms with Crippen LogP contribution in [0.5, 0.6) is 0 Å². The number of carbonyl (C=O) groups excluding carboxylic acids is 1. The lowest BCUT2D eigenvalue weighted by molar-refractivity contribution is -0.120. The van der Waals surface area contributed by atoms with Gasteiger partial charge in [-0.1, -0.05) is 18.2 Å². The zero-order valence-corrected chi connectivity index (χ0v) is 11.1. The number of aryl methyl sites for hydroxylation is 2. The third-order valence-electron chi connectivity index (χ3n) is 3.04. The van der Waals surface area contributed by atoms with Gasteiger partial charge in [-0.15, -0.1) is 0 Å². The Morgan fingerprint density at radius 1 is 1.26 bits per heavy atom. The second kappa shape index (κ2) is 5.69. The molecule has 1 aromatic carbocycles. The molecule has 1 aromatic heterocycles. The van der Waals surface area contributed by atoms with Gasteiger partial charge in [-0.3, -0.25) is 4.79 Å². The zero-order chi connectivity index (χ0) is 13.8. The molecule has 0 aliphatic rings. The molecule has 0 saturated heterocycles. The van der Waals surface area contributed by atoms with Gasteiger partial charge in [-0.05, 0) is 37.1 Å². The number of aromatic nitrogens is 1. The first-order valence-corrected chi connectivity index (χ1v) is 6.21. The van der Waals surface area contributed by atoms with Crippen molar-refractivity contribution < 1.29 is 9.18 Å². The molecule has 0 aliphatic carbocycles. The van der Waals surface area contributed by atoms with Gasteiger partial charge in [0.1, 0.15) is 5.82 Å². The second-order valence-corrected chi connectivity index (χ2v) is 4.65. The molecular formula is C15H17FN2O. The van der Waals surface area contributed by atoms with E-state index in [0.717, 1.165) is 17.0 Å². The molecule has 0 aliphatic heterocycles. The summed E-state index contributed by atoms with van der Waals surface area (Å²) in [4.78, 5) is 14.9. The zero-order valence-electron chi connectivity index (χ0n) is 11.1. The van der Waals surface area contributed by atoms with Crippen LogP contribution in [0.4, 0.5) is 4.39 Å². The van der Waals surface area contributed by atoms with Crippen molar-refractivity contribution >= 4 is 5.91 Å². The van der Waals surface area contributed by atoms with E-state index in [4.69, 9.17) is 0 Å². The van der Waals surface area contributed by atoms with Crippen LogP contribution in [0.3, 0.4) is 0 Å². The topological polar surface area (TPSA) is 44.9 Å². The van der Waals surface area contributed by atoms with E-state index in [1.807, 2.05) is 19.9 Å². The van der Waals surface area contributed by atoms with E-state index in [1.165, 1.54) is 6.07 Å². The average Bonchev–Trinajstić information content (AvgIpc) is 2.68. The highest BCUT2D eigenvalue weighted by Crippen LogP contribution is 2.10. The predicted molar refractivity (Wildman–Crippen MR) is 72.2 cm³/mol. The number of amides is 1. The molecule has 4 heteroatoms. The Morgan fingerprint density at radius 2 is 2.00 bits per heavy atom. The van der Waals surface area contributed by atoms with Gasteiger partial charge < -0.3 is 10.3 Å². The summed E-state index contributed by atoms with van der Waals surface area (Å²) in [6, 6.07) is 8.33. The van der Waals surface area contributed by atoms with Crippen LogP contribution in [0, 0.1) is 19.7 Å². The highest BCUT2D eigenvalue weighted by Gasteiger charge is 2.08. The molecule has 100 valence electrons. The summed E-state index contributed by atoms with van der Waals surface area (Å²) in [5.74, 6) is -0.519. The number of nitrogens with one attached hydrogen (secondary N) is 2. The van der Waals surface area contributed by atoms with E-state index >= 15 is 0 Å². The van der Waals surface area contributed by atoms with Crippen LogP contribution in [0.15, 0.2) is 30.3 Å². The molecule has 0 atom stereocenters. The Hall–Kier alpha value is -2.10. The van der Waals surface area contributed by atoms with E-state index < -0.39 is 0 Å². The Bertz CT molecular complexity index is 590. The number of hydrogen-bond donors (Lipinski definition) is 2. The van der Waals surface area contributed by atoms with E-state index in [1.54, 1.807) is 18.2 Å². The van der Waals surface area contributed by atoms with E-state index in [9.17, 15) is 9.18 Å². The molecule has 0 saturated carbocycles. The fourth-order valence-corrected chi connectivity index (χ4v) is 2.04. The molecule has 2 N–H and O–H groups in total. The maximum atomic E-state index is 13.4. The minimum absolute atomic E-state index is 0.0646. The molecule has 0 spiro atoms. The van der Waals surface area contributed by atoms with Crippen molar-refractivity contribution in [2.24, 2.45) is 0 Å². The predicted octanol–water partition coefficient (Wildman–Crippen LogP) is 2.63. The Morgan fingerprint density at radius 3 is 2.63 bits per heavy atom. The summed E-state index contributed by atoms with van der Waals surface area (Å²) >= 11 is 0. The van der Waals surface area contributed by atoms with Crippen LogP contribution in [0.25, 0.3) is 0 Å². The number of aromatic amines is 1. The van der Waals surface area contributed by atoms with Crippen molar-refractivity contribution in [1.29, 1.82) is 0 Å². The Kier molecular flexibility index (Phi) is 4.00. The van der Waals surface area contributed by atoms with E-state index in [0.29, 0.717) is 12.1 Å². The van der Waals surface area contributed by atoms with Crippen molar-refractivity contribution in [3.8, 4) is 0 Å². The minimum Gasteiger partial charge on any atom is -0.362 e. The second-order valence-electron chi connectivity index (χ2n) is 4.65. The molecule has 1 heterocycles. The molecule has 0 unspecified atom stereocenters. The molecule has 3 nitrogen and oxygen atoms in total. The minimum atomic E-state index is -0.341. The van der Waals surface area contributed by atoms with Crippen molar-refractivity contribution in [2.45, 2.75) is 26.8 Å². The third kappa shape index (κ3) is 3.44. The van der Waals surface area contributed by atoms with Crippen LogP contribution in [0.2, 0.25) is 0 Å². The van der Waals surface area contributed by atoms with Gasteiger partial charge >= 0.3 is 0 Å². The lowest BCUT2D eigenvalue weighted by Gasteiger charge is -2.05. The van der Waals surface area contributed by atoms with Gasteiger partial charge in [-0.2, -0.15) is 0 Å². The van der Waals surface area contributed by atoms with Crippen LogP contribution < -0.4 is 5.32 Å². The number of halogens is 1.